The molecule has 0 radical (unpaired) electrons. The quantitative estimate of drug-likeness (QED) is 0.654. The van der Waals surface area contributed by atoms with E-state index in [0.29, 0.717) is 5.41 Å². The molecule has 0 spiro atoms. The van der Waals surface area contributed by atoms with E-state index in [1.807, 2.05) is 0 Å². The molecule has 0 saturated carbocycles. The van der Waals surface area contributed by atoms with Gasteiger partial charge in [-0.2, -0.15) is 0 Å². The molecule has 1 rings (SSSR count). The number of nitrogens with one attached hydrogen (secondary N) is 1. The van der Waals surface area contributed by atoms with Crippen LogP contribution in [-0.2, 0) is 0 Å². The maximum Gasteiger partial charge on any atom is 0.0107 e. The molecule has 13 heavy (non-hydrogen) atoms. The molecule has 1 aliphatic rings. The van der Waals surface area contributed by atoms with Crippen molar-refractivity contribution in [3.05, 3.63) is 0 Å². The Morgan fingerprint density at radius 2 is 2.08 bits per heavy atom. The molecule has 2 nitrogen and oxygen atoms in total. The fourth-order valence-corrected chi connectivity index (χ4v) is 1.95. The lowest BCUT2D eigenvalue weighted by Crippen LogP contribution is -2.31. The first kappa shape index (κ1) is 11.0. The molecular weight excluding hydrogens is 160 g/mol. The highest BCUT2D eigenvalue weighted by Gasteiger charge is 2.28. The summed E-state index contributed by atoms with van der Waals surface area (Å²) >= 11 is 0. The Morgan fingerprint density at radius 3 is 2.62 bits per heavy atom. The number of likely N-dealkylation sites (tertiary alicyclic amines) is 1. The summed E-state index contributed by atoms with van der Waals surface area (Å²) < 4.78 is 0. The van der Waals surface area contributed by atoms with E-state index in [4.69, 9.17) is 0 Å². The highest BCUT2D eigenvalue weighted by atomic mass is 15.2. The zero-order valence-electron chi connectivity index (χ0n) is 9.40. The summed E-state index contributed by atoms with van der Waals surface area (Å²) in [5.74, 6) is 0. The SMILES string of the molecule is CCCNCCN1CCC(C)(C)C1. The van der Waals surface area contributed by atoms with Gasteiger partial charge in [-0.15, -0.1) is 0 Å². The largest absolute Gasteiger partial charge is 0.315 e. The van der Waals surface area contributed by atoms with Crippen LogP contribution < -0.4 is 5.32 Å². The first-order chi connectivity index (χ1) is 6.14. The Balaban J connectivity index is 2.04. The predicted octanol–water partition coefficient (Wildman–Crippen LogP) is 1.72. The van der Waals surface area contributed by atoms with Crippen molar-refractivity contribution >= 4 is 0 Å². The van der Waals surface area contributed by atoms with E-state index in [1.54, 1.807) is 0 Å². The minimum atomic E-state index is 0.560. The summed E-state index contributed by atoms with van der Waals surface area (Å²) in [4.78, 5) is 2.57. The highest BCUT2D eigenvalue weighted by molar-refractivity contribution is 4.82. The summed E-state index contributed by atoms with van der Waals surface area (Å²) in [5.41, 5.74) is 0.560. The molecule has 0 bridgehead atoms. The fourth-order valence-electron chi connectivity index (χ4n) is 1.95. The Morgan fingerprint density at radius 1 is 1.31 bits per heavy atom. The third-order valence-corrected chi connectivity index (χ3v) is 2.79. The average Bonchev–Trinajstić information content (AvgIpc) is 2.40. The van der Waals surface area contributed by atoms with Gasteiger partial charge < -0.3 is 10.2 Å². The van der Waals surface area contributed by atoms with Crippen LogP contribution in [0.25, 0.3) is 0 Å². The van der Waals surface area contributed by atoms with Gasteiger partial charge in [0.05, 0.1) is 0 Å². The van der Waals surface area contributed by atoms with Crippen molar-refractivity contribution in [3.63, 3.8) is 0 Å². The van der Waals surface area contributed by atoms with Crippen LogP contribution in [0.4, 0.5) is 0 Å². The normalized spacial score (nSPS) is 22.4. The molecule has 0 unspecified atom stereocenters. The molecule has 1 N–H and O–H groups in total. The summed E-state index contributed by atoms with van der Waals surface area (Å²) in [7, 11) is 0. The number of hydrogen-bond donors (Lipinski definition) is 1. The van der Waals surface area contributed by atoms with Crippen molar-refractivity contribution in [2.24, 2.45) is 5.41 Å². The van der Waals surface area contributed by atoms with Gasteiger partial charge in [0.1, 0.15) is 0 Å². The molecule has 0 aromatic rings. The van der Waals surface area contributed by atoms with Crippen molar-refractivity contribution < 1.29 is 0 Å². The average molecular weight is 184 g/mol. The van der Waals surface area contributed by atoms with Crippen molar-refractivity contribution in [1.82, 2.24) is 10.2 Å². The summed E-state index contributed by atoms with van der Waals surface area (Å²) in [6.45, 7) is 13.1. The number of rotatable bonds is 5. The number of nitrogens with zero attached hydrogens (tertiary/aromatic N) is 1. The Kier molecular flexibility index (Phi) is 4.20. The molecule has 1 heterocycles. The molecule has 1 saturated heterocycles. The maximum absolute atomic E-state index is 3.45. The van der Waals surface area contributed by atoms with E-state index in [0.717, 1.165) is 13.1 Å². The van der Waals surface area contributed by atoms with Crippen molar-refractivity contribution in [3.8, 4) is 0 Å². The summed E-state index contributed by atoms with van der Waals surface area (Å²) in [6, 6.07) is 0. The topological polar surface area (TPSA) is 15.3 Å². The van der Waals surface area contributed by atoms with E-state index < -0.39 is 0 Å². The Labute approximate surface area is 82.7 Å². The zero-order chi connectivity index (χ0) is 9.73. The van der Waals surface area contributed by atoms with Crippen LogP contribution in [0.5, 0.6) is 0 Å². The minimum Gasteiger partial charge on any atom is -0.315 e. The minimum absolute atomic E-state index is 0.560. The summed E-state index contributed by atoms with van der Waals surface area (Å²) in [5, 5.41) is 3.45. The molecular formula is C11H24N2. The Hall–Kier alpha value is -0.0800. The standard InChI is InChI=1S/C11H24N2/c1-4-6-12-7-9-13-8-5-11(2,3)10-13/h12H,4-10H2,1-3H3. The highest BCUT2D eigenvalue weighted by Crippen LogP contribution is 2.28. The third-order valence-electron chi connectivity index (χ3n) is 2.79. The third kappa shape index (κ3) is 4.10. The maximum atomic E-state index is 3.45. The second-order valence-corrected chi connectivity index (χ2v) is 4.94. The molecule has 78 valence electrons. The Bertz CT molecular complexity index is 143. The van der Waals surface area contributed by atoms with Gasteiger partial charge in [0, 0.05) is 19.6 Å². The van der Waals surface area contributed by atoms with E-state index >= 15 is 0 Å². The second-order valence-electron chi connectivity index (χ2n) is 4.94. The number of hydrogen-bond acceptors (Lipinski definition) is 2. The van der Waals surface area contributed by atoms with Crippen LogP contribution in [-0.4, -0.2) is 37.6 Å². The second kappa shape index (κ2) is 4.97. The lowest BCUT2D eigenvalue weighted by Gasteiger charge is -2.19. The van der Waals surface area contributed by atoms with Crippen molar-refractivity contribution in [1.29, 1.82) is 0 Å². The van der Waals surface area contributed by atoms with Crippen LogP contribution in [0.2, 0.25) is 0 Å². The molecule has 0 aliphatic carbocycles. The van der Waals surface area contributed by atoms with Crippen molar-refractivity contribution in [2.75, 3.05) is 32.7 Å². The van der Waals surface area contributed by atoms with Gasteiger partial charge in [-0.3, -0.25) is 0 Å². The van der Waals surface area contributed by atoms with Crippen LogP contribution in [0, 0.1) is 5.41 Å². The van der Waals surface area contributed by atoms with Gasteiger partial charge in [-0.05, 0) is 31.3 Å². The lowest BCUT2D eigenvalue weighted by molar-refractivity contribution is 0.290. The zero-order valence-corrected chi connectivity index (χ0v) is 9.40. The molecule has 1 aliphatic heterocycles. The van der Waals surface area contributed by atoms with Crippen molar-refractivity contribution in [2.45, 2.75) is 33.6 Å². The molecule has 0 aromatic carbocycles. The molecule has 0 aromatic heterocycles. The van der Waals surface area contributed by atoms with Gasteiger partial charge in [-0.1, -0.05) is 20.8 Å². The molecule has 0 atom stereocenters. The first-order valence-corrected chi connectivity index (χ1v) is 5.57. The predicted molar refractivity (Wildman–Crippen MR) is 58.0 cm³/mol. The molecule has 0 amide bonds. The van der Waals surface area contributed by atoms with E-state index in [1.165, 1.54) is 32.5 Å². The summed E-state index contributed by atoms with van der Waals surface area (Å²) in [6.07, 6.45) is 2.60. The van der Waals surface area contributed by atoms with Gasteiger partial charge in [-0.25, -0.2) is 0 Å². The van der Waals surface area contributed by atoms with Crippen LogP contribution in [0.15, 0.2) is 0 Å². The van der Waals surface area contributed by atoms with Crippen LogP contribution in [0.3, 0.4) is 0 Å². The smallest absolute Gasteiger partial charge is 0.0107 e. The molecule has 2 heteroatoms. The van der Waals surface area contributed by atoms with Crippen LogP contribution >= 0.6 is 0 Å². The van der Waals surface area contributed by atoms with Crippen LogP contribution in [0.1, 0.15) is 33.6 Å². The fraction of sp³-hybridized carbons (Fsp3) is 1.00. The van der Waals surface area contributed by atoms with Gasteiger partial charge in [0.15, 0.2) is 0 Å². The van der Waals surface area contributed by atoms with Gasteiger partial charge in [0.2, 0.25) is 0 Å². The molecule has 1 fully saturated rings. The van der Waals surface area contributed by atoms with Gasteiger partial charge in [0.25, 0.3) is 0 Å². The van der Waals surface area contributed by atoms with E-state index in [2.05, 4.69) is 31.0 Å². The lowest BCUT2D eigenvalue weighted by atomic mass is 9.93. The van der Waals surface area contributed by atoms with E-state index in [9.17, 15) is 0 Å². The van der Waals surface area contributed by atoms with E-state index in [-0.39, 0.29) is 0 Å². The monoisotopic (exact) mass is 184 g/mol. The first-order valence-electron chi connectivity index (χ1n) is 5.57. The van der Waals surface area contributed by atoms with Gasteiger partial charge >= 0.3 is 0 Å².